The van der Waals surface area contributed by atoms with Gasteiger partial charge in [-0.05, 0) is 37.5 Å². The van der Waals surface area contributed by atoms with Crippen molar-refractivity contribution in [3.05, 3.63) is 29.5 Å². The average molecular weight is 345 g/mol. The smallest absolute Gasteiger partial charge is 0.311 e. The van der Waals surface area contributed by atoms with E-state index in [1.807, 2.05) is 20.8 Å². The molecule has 2 aromatic rings. The van der Waals surface area contributed by atoms with Crippen molar-refractivity contribution in [1.82, 2.24) is 4.98 Å². The summed E-state index contributed by atoms with van der Waals surface area (Å²) in [5.41, 5.74) is 1.09. The molecule has 136 valence electrons. The number of hydrogen-bond donors (Lipinski definition) is 2. The number of aromatic nitrogens is 1. The van der Waals surface area contributed by atoms with Gasteiger partial charge in [-0.2, -0.15) is 0 Å². The van der Waals surface area contributed by atoms with Gasteiger partial charge in [0.05, 0.1) is 12.5 Å². The van der Waals surface area contributed by atoms with E-state index in [9.17, 15) is 14.7 Å². The van der Waals surface area contributed by atoms with E-state index in [0.29, 0.717) is 29.5 Å². The molecule has 5 heteroatoms. The van der Waals surface area contributed by atoms with Crippen molar-refractivity contribution in [2.24, 2.45) is 10.8 Å². The molecule has 0 aliphatic rings. The lowest BCUT2D eigenvalue weighted by Crippen LogP contribution is -2.29. The molecular weight excluding hydrogens is 318 g/mol. The van der Waals surface area contributed by atoms with Crippen LogP contribution in [0.2, 0.25) is 0 Å². The van der Waals surface area contributed by atoms with E-state index in [-0.39, 0.29) is 22.9 Å². The number of aromatic hydroxyl groups is 1. The second-order valence-corrected chi connectivity index (χ2v) is 8.42. The number of H-pyrrole nitrogens is 1. The monoisotopic (exact) mass is 345 g/mol. The molecule has 1 heterocycles. The van der Waals surface area contributed by atoms with Gasteiger partial charge in [-0.25, -0.2) is 0 Å². The lowest BCUT2D eigenvalue weighted by atomic mass is 9.83. The highest BCUT2D eigenvalue weighted by molar-refractivity contribution is 6.09. The summed E-state index contributed by atoms with van der Waals surface area (Å²) in [6.45, 7) is 9.61. The number of fused-ring (bicyclic) bond motifs is 1. The van der Waals surface area contributed by atoms with Gasteiger partial charge in [0.1, 0.15) is 5.75 Å². The van der Waals surface area contributed by atoms with Gasteiger partial charge >= 0.3 is 5.97 Å². The van der Waals surface area contributed by atoms with Gasteiger partial charge in [0.15, 0.2) is 5.78 Å². The standard InChI is InChI=1S/C20H27NO4/c1-19(2,3)11-16(23)17-13-9-12(22)7-8-14(13)21-15(17)10-20(4,5)18(24)25-6/h7-9,21-22H,10-11H2,1-6H3. The lowest BCUT2D eigenvalue weighted by Gasteiger charge is -2.22. The zero-order chi connectivity index (χ0) is 19.0. The summed E-state index contributed by atoms with van der Waals surface area (Å²) < 4.78 is 4.88. The van der Waals surface area contributed by atoms with Gasteiger partial charge in [0, 0.05) is 35.0 Å². The molecule has 0 atom stereocenters. The molecule has 0 radical (unpaired) electrons. The molecule has 0 aliphatic carbocycles. The minimum atomic E-state index is -0.769. The first-order valence-electron chi connectivity index (χ1n) is 8.40. The number of aromatic amines is 1. The summed E-state index contributed by atoms with van der Waals surface area (Å²) >= 11 is 0. The Bertz CT molecular complexity index is 809. The lowest BCUT2D eigenvalue weighted by molar-refractivity contribution is -0.150. The maximum atomic E-state index is 13.0. The van der Waals surface area contributed by atoms with Gasteiger partial charge < -0.3 is 14.8 Å². The summed E-state index contributed by atoms with van der Waals surface area (Å²) in [4.78, 5) is 28.3. The number of benzene rings is 1. The van der Waals surface area contributed by atoms with Crippen molar-refractivity contribution in [1.29, 1.82) is 0 Å². The fourth-order valence-corrected chi connectivity index (χ4v) is 3.05. The molecule has 2 rings (SSSR count). The number of nitrogens with one attached hydrogen (secondary N) is 1. The normalized spacial score (nSPS) is 12.4. The Morgan fingerprint density at radius 2 is 1.80 bits per heavy atom. The first-order chi connectivity index (χ1) is 11.4. The molecule has 0 bridgehead atoms. The summed E-state index contributed by atoms with van der Waals surface area (Å²) in [7, 11) is 1.36. The van der Waals surface area contributed by atoms with Crippen LogP contribution in [-0.2, 0) is 16.0 Å². The number of phenols is 1. The van der Waals surface area contributed by atoms with Crippen molar-refractivity contribution < 1.29 is 19.4 Å². The number of carbonyl (C=O) groups is 2. The van der Waals surface area contributed by atoms with Crippen molar-refractivity contribution >= 4 is 22.7 Å². The van der Waals surface area contributed by atoms with Gasteiger partial charge in [-0.3, -0.25) is 9.59 Å². The van der Waals surface area contributed by atoms with E-state index in [2.05, 4.69) is 4.98 Å². The van der Waals surface area contributed by atoms with Crippen molar-refractivity contribution in [2.75, 3.05) is 7.11 Å². The van der Waals surface area contributed by atoms with Crippen molar-refractivity contribution in [2.45, 2.75) is 47.5 Å². The van der Waals surface area contributed by atoms with E-state index in [0.717, 1.165) is 5.52 Å². The molecule has 2 N–H and O–H groups in total. The summed E-state index contributed by atoms with van der Waals surface area (Å²) in [6, 6.07) is 4.91. The maximum absolute atomic E-state index is 13.0. The molecule has 5 nitrogen and oxygen atoms in total. The number of methoxy groups -OCH3 is 1. The largest absolute Gasteiger partial charge is 0.508 e. The fraction of sp³-hybridized carbons (Fsp3) is 0.500. The molecule has 0 saturated heterocycles. The highest BCUT2D eigenvalue weighted by Crippen LogP contribution is 2.33. The Morgan fingerprint density at radius 3 is 2.36 bits per heavy atom. The number of phenolic OH excluding ortho intramolecular Hbond substituents is 1. The predicted molar refractivity (Wildman–Crippen MR) is 97.9 cm³/mol. The van der Waals surface area contributed by atoms with Crippen LogP contribution < -0.4 is 0 Å². The quantitative estimate of drug-likeness (QED) is 0.628. The van der Waals surface area contributed by atoms with Crippen LogP contribution in [0.4, 0.5) is 0 Å². The Balaban J connectivity index is 2.57. The minimum absolute atomic E-state index is 0.0000146. The summed E-state index contributed by atoms with van der Waals surface area (Å²) in [5, 5.41) is 10.5. The van der Waals surface area contributed by atoms with Crippen LogP contribution in [0.1, 0.15) is 57.1 Å². The highest BCUT2D eigenvalue weighted by Gasteiger charge is 2.33. The van der Waals surface area contributed by atoms with E-state index >= 15 is 0 Å². The van der Waals surface area contributed by atoms with Crippen LogP contribution in [0.15, 0.2) is 18.2 Å². The first-order valence-corrected chi connectivity index (χ1v) is 8.40. The third-order valence-corrected chi connectivity index (χ3v) is 4.19. The van der Waals surface area contributed by atoms with Crippen LogP contribution >= 0.6 is 0 Å². The van der Waals surface area contributed by atoms with E-state index < -0.39 is 5.41 Å². The molecule has 0 amide bonds. The number of ketones is 1. The average Bonchev–Trinajstić information content (AvgIpc) is 2.80. The second kappa shape index (κ2) is 6.54. The number of rotatable bonds is 5. The third kappa shape index (κ3) is 4.21. The molecule has 0 fully saturated rings. The Hall–Kier alpha value is -2.30. The zero-order valence-electron chi connectivity index (χ0n) is 15.8. The summed E-state index contributed by atoms with van der Waals surface area (Å²) in [5.74, 6) is -0.224. The third-order valence-electron chi connectivity index (χ3n) is 4.19. The van der Waals surface area contributed by atoms with Crippen molar-refractivity contribution in [3.63, 3.8) is 0 Å². The Labute approximate surface area is 148 Å². The van der Waals surface area contributed by atoms with Gasteiger partial charge in [-0.15, -0.1) is 0 Å². The maximum Gasteiger partial charge on any atom is 0.311 e. The molecule has 1 aromatic heterocycles. The number of ether oxygens (including phenoxy) is 1. The second-order valence-electron chi connectivity index (χ2n) is 8.42. The predicted octanol–water partition coefficient (Wildman–Crippen LogP) is 4.23. The van der Waals surface area contributed by atoms with Crippen LogP contribution in [0, 0.1) is 10.8 Å². The molecule has 0 unspecified atom stereocenters. The van der Waals surface area contributed by atoms with Crippen LogP contribution in [0.25, 0.3) is 10.9 Å². The number of hydrogen-bond acceptors (Lipinski definition) is 4. The first kappa shape index (κ1) is 19.0. The molecular formula is C20H27NO4. The topological polar surface area (TPSA) is 79.4 Å². The van der Waals surface area contributed by atoms with Gasteiger partial charge in [0.2, 0.25) is 0 Å². The Morgan fingerprint density at radius 1 is 1.16 bits per heavy atom. The number of carbonyl (C=O) groups excluding carboxylic acids is 2. The molecule has 25 heavy (non-hydrogen) atoms. The minimum Gasteiger partial charge on any atom is -0.508 e. The molecule has 1 aromatic carbocycles. The van der Waals surface area contributed by atoms with E-state index in [4.69, 9.17) is 4.74 Å². The van der Waals surface area contributed by atoms with Gasteiger partial charge in [0.25, 0.3) is 0 Å². The molecule has 0 saturated carbocycles. The summed E-state index contributed by atoms with van der Waals surface area (Å²) in [6.07, 6.45) is 0.724. The van der Waals surface area contributed by atoms with Crippen LogP contribution in [-0.4, -0.2) is 29.0 Å². The number of Topliss-reactive ketones (excluding diaryl/α,β-unsaturated/α-hetero) is 1. The van der Waals surface area contributed by atoms with Gasteiger partial charge in [-0.1, -0.05) is 20.8 Å². The Kier molecular flexibility index (Phi) is 4.98. The highest BCUT2D eigenvalue weighted by atomic mass is 16.5. The van der Waals surface area contributed by atoms with Crippen LogP contribution in [0.5, 0.6) is 5.75 Å². The molecule has 0 aliphatic heterocycles. The number of esters is 1. The van der Waals surface area contributed by atoms with E-state index in [1.165, 1.54) is 7.11 Å². The zero-order valence-corrected chi connectivity index (χ0v) is 15.8. The fourth-order valence-electron chi connectivity index (χ4n) is 3.05. The van der Waals surface area contributed by atoms with E-state index in [1.54, 1.807) is 32.0 Å². The van der Waals surface area contributed by atoms with Crippen LogP contribution in [0.3, 0.4) is 0 Å². The van der Waals surface area contributed by atoms with Crippen molar-refractivity contribution in [3.8, 4) is 5.75 Å². The SMILES string of the molecule is COC(=O)C(C)(C)Cc1[nH]c2ccc(O)cc2c1C(=O)CC(C)(C)C. The molecule has 0 spiro atoms.